The first-order valence-corrected chi connectivity index (χ1v) is 6.21. The highest BCUT2D eigenvalue weighted by molar-refractivity contribution is 5.77. The number of carbonyl (C=O) groups excluding carboxylic acids is 1. The molecule has 0 saturated heterocycles. The van der Waals surface area contributed by atoms with Crippen molar-refractivity contribution < 1.29 is 14.3 Å². The number of amides is 1. The summed E-state index contributed by atoms with van der Waals surface area (Å²) >= 11 is 0. The van der Waals surface area contributed by atoms with Gasteiger partial charge in [-0.15, -0.1) is 0 Å². The lowest BCUT2D eigenvalue weighted by atomic mass is 10.2. The van der Waals surface area contributed by atoms with Crippen LogP contribution >= 0.6 is 0 Å². The molecule has 0 aromatic carbocycles. The largest absolute Gasteiger partial charge is 0.383 e. The van der Waals surface area contributed by atoms with E-state index >= 15 is 0 Å². The molecule has 0 unspecified atom stereocenters. The van der Waals surface area contributed by atoms with Gasteiger partial charge in [0.25, 0.3) is 0 Å². The third-order valence-corrected chi connectivity index (χ3v) is 2.01. The van der Waals surface area contributed by atoms with E-state index in [0.29, 0.717) is 38.8 Å². The molecule has 5 nitrogen and oxygen atoms in total. The molecule has 1 amide bonds. The summed E-state index contributed by atoms with van der Waals surface area (Å²) < 4.78 is 10.3. The predicted molar refractivity (Wildman–Crippen MR) is 68.0 cm³/mol. The molecule has 0 heterocycles. The minimum atomic E-state index is 0.0185. The lowest BCUT2D eigenvalue weighted by molar-refractivity contribution is -0.120. The minimum Gasteiger partial charge on any atom is -0.383 e. The lowest BCUT2D eigenvalue weighted by Crippen LogP contribution is -2.35. The van der Waals surface area contributed by atoms with E-state index in [4.69, 9.17) is 9.47 Å². The van der Waals surface area contributed by atoms with Crippen LogP contribution in [0.15, 0.2) is 0 Å². The average molecular weight is 246 g/mol. The summed E-state index contributed by atoms with van der Waals surface area (Å²) in [5.74, 6) is 0.583. The van der Waals surface area contributed by atoms with Crippen molar-refractivity contribution >= 4 is 5.91 Å². The van der Waals surface area contributed by atoms with E-state index < -0.39 is 0 Å². The summed E-state index contributed by atoms with van der Waals surface area (Å²) in [5, 5.41) is 5.81. The predicted octanol–water partition coefficient (Wildman–Crippen LogP) is 0.401. The van der Waals surface area contributed by atoms with Crippen molar-refractivity contribution in [3.63, 3.8) is 0 Å². The second kappa shape index (κ2) is 11.8. The first kappa shape index (κ1) is 16.4. The van der Waals surface area contributed by atoms with Gasteiger partial charge in [0.05, 0.1) is 13.2 Å². The Kier molecular flexibility index (Phi) is 11.4. The molecule has 5 heteroatoms. The van der Waals surface area contributed by atoms with Gasteiger partial charge in [0.1, 0.15) is 0 Å². The van der Waals surface area contributed by atoms with Gasteiger partial charge in [0, 0.05) is 33.4 Å². The third kappa shape index (κ3) is 13.3. The van der Waals surface area contributed by atoms with Gasteiger partial charge in [-0.2, -0.15) is 0 Å². The summed E-state index contributed by atoms with van der Waals surface area (Å²) in [7, 11) is 1.64. The molecule has 0 radical (unpaired) electrons. The van der Waals surface area contributed by atoms with E-state index in [1.165, 1.54) is 0 Å². The van der Waals surface area contributed by atoms with Crippen LogP contribution in [0.25, 0.3) is 0 Å². The van der Waals surface area contributed by atoms with Crippen LogP contribution < -0.4 is 10.6 Å². The van der Waals surface area contributed by atoms with Crippen LogP contribution in [0.2, 0.25) is 0 Å². The summed E-state index contributed by atoms with van der Waals surface area (Å²) in [5.41, 5.74) is 0. The van der Waals surface area contributed by atoms with Gasteiger partial charge in [-0.05, 0) is 12.3 Å². The molecule has 0 spiro atoms. The van der Waals surface area contributed by atoms with Crippen LogP contribution in [-0.2, 0) is 14.3 Å². The second-order valence-electron chi connectivity index (χ2n) is 4.34. The second-order valence-corrected chi connectivity index (χ2v) is 4.34. The molecule has 0 saturated carbocycles. The fourth-order valence-electron chi connectivity index (χ4n) is 1.16. The Hall–Kier alpha value is -0.650. The van der Waals surface area contributed by atoms with E-state index in [-0.39, 0.29) is 5.91 Å². The first-order chi connectivity index (χ1) is 8.16. The van der Waals surface area contributed by atoms with Gasteiger partial charge >= 0.3 is 0 Å². The molecule has 0 aliphatic rings. The topological polar surface area (TPSA) is 59.6 Å². The van der Waals surface area contributed by atoms with Crippen molar-refractivity contribution in [2.75, 3.05) is 46.6 Å². The van der Waals surface area contributed by atoms with E-state index in [9.17, 15) is 4.79 Å². The fraction of sp³-hybridized carbons (Fsp3) is 0.917. The molecular weight excluding hydrogens is 220 g/mol. The molecule has 17 heavy (non-hydrogen) atoms. The van der Waals surface area contributed by atoms with Crippen molar-refractivity contribution in [1.29, 1.82) is 0 Å². The smallest absolute Gasteiger partial charge is 0.233 e. The Morgan fingerprint density at radius 1 is 1.24 bits per heavy atom. The molecule has 0 aliphatic carbocycles. The molecule has 0 atom stereocenters. The Balaban J connectivity index is 3.16. The molecule has 0 rings (SSSR count). The number of carbonyl (C=O) groups is 1. The number of nitrogens with one attached hydrogen (secondary N) is 2. The number of hydrogen-bond donors (Lipinski definition) is 2. The molecule has 0 aromatic heterocycles. The van der Waals surface area contributed by atoms with Gasteiger partial charge < -0.3 is 20.1 Å². The molecule has 0 aromatic rings. The van der Waals surface area contributed by atoms with Crippen LogP contribution in [0.3, 0.4) is 0 Å². The molecule has 0 fully saturated rings. The Bertz CT molecular complexity index is 187. The highest BCUT2D eigenvalue weighted by Crippen LogP contribution is 1.92. The summed E-state index contributed by atoms with van der Waals surface area (Å²) in [6.07, 6.45) is 0.858. The molecule has 0 aliphatic heterocycles. The van der Waals surface area contributed by atoms with Gasteiger partial charge in [-0.1, -0.05) is 13.8 Å². The van der Waals surface area contributed by atoms with E-state index in [2.05, 4.69) is 24.5 Å². The van der Waals surface area contributed by atoms with E-state index in [1.54, 1.807) is 7.11 Å². The summed E-state index contributed by atoms with van der Waals surface area (Å²) in [4.78, 5) is 11.3. The number of hydrogen-bond acceptors (Lipinski definition) is 4. The quantitative estimate of drug-likeness (QED) is 0.518. The molecule has 2 N–H and O–H groups in total. The van der Waals surface area contributed by atoms with Crippen LogP contribution in [0, 0.1) is 5.92 Å². The van der Waals surface area contributed by atoms with Crippen LogP contribution in [0.5, 0.6) is 0 Å². The SMILES string of the molecule is COCCNCC(=O)NCCCOCC(C)C. The number of rotatable bonds is 11. The van der Waals surface area contributed by atoms with Crippen molar-refractivity contribution in [2.45, 2.75) is 20.3 Å². The fourth-order valence-corrected chi connectivity index (χ4v) is 1.16. The lowest BCUT2D eigenvalue weighted by Gasteiger charge is -2.08. The monoisotopic (exact) mass is 246 g/mol. The molecule has 0 bridgehead atoms. The summed E-state index contributed by atoms with van der Waals surface area (Å²) in [6, 6.07) is 0. The van der Waals surface area contributed by atoms with Crippen molar-refractivity contribution in [1.82, 2.24) is 10.6 Å². The van der Waals surface area contributed by atoms with Crippen LogP contribution in [-0.4, -0.2) is 52.5 Å². The maximum atomic E-state index is 11.3. The van der Waals surface area contributed by atoms with Gasteiger partial charge in [-0.3, -0.25) is 4.79 Å². The minimum absolute atomic E-state index is 0.0185. The normalized spacial score (nSPS) is 10.8. The maximum Gasteiger partial charge on any atom is 0.233 e. The van der Waals surface area contributed by atoms with Crippen LogP contribution in [0.1, 0.15) is 20.3 Å². The first-order valence-electron chi connectivity index (χ1n) is 6.21. The van der Waals surface area contributed by atoms with Gasteiger partial charge in [0.15, 0.2) is 0 Å². The zero-order chi connectivity index (χ0) is 12.9. The number of ether oxygens (including phenoxy) is 2. The zero-order valence-electron chi connectivity index (χ0n) is 11.3. The molecular formula is C12H26N2O3. The highest BCUT2D eigenvalue weighted by atomic mass is 16.5. The van der Waals surface area contributed by atoms with Crippen molar-refractivity contribution in [3.8, 4) is 0 Å². The van der Waals surface area contributed by atoms with Crippen LogP contribution in [0.4, 0.5) is 0 Å². The Morgan fingerprint density at radius 2 is 2.00 bits per heavy atom. The van der Waals surface area contributed by atoms with Gasteiger partial charge in [0.2, 0.25) is 5.91 Å². The average Bonchev–Trinajstić information content (AvgIpc) is 2.29. The number of methoxy groups -OCH3 is 1. The standard InChI is InChI=1S/C12H26N2O3/c1-11(2)10-17-7-4-5-14-12(15)9-13-6-8-16-3/h11,13H,4-10H2,1-3H3,(H,14,15). The summed E-state index contributed by atoms with van der Waals surface area (Å²) in [6.45, 7) is 8.06. The maximum absolute atomic E-state index is 11.3. The third-order valence-electron chi connectivity index (χ3n) is 2.01. The zero-order valence-corrected chi connectivity index (χ0v) is 11.3. The highest BCUT2D eigenvalue weighted by Gasteiger charge is 1.99. The van der Waals surface area contributed by atoms with Crippen molar-refractivity contribution in [2.24, 2.45) is 5.92 Å². The Labute approximate surface area is 104 Å². The molecule has 102 valence electrons. The Morgan fingerprint density at radius 3 is 2.65 bits per heavy atom. The van der Waals surface area contributed by atoms with Crippen molar-refractivity contribution in [3.05, 3.63) is 0 Å². The van der Waals surface area contributed by atoms with E-state index in [0.717, 1.165) is 13.0 Å². The van der Waals surface area contributed by atoms with E-state index in [1.807, 2.05) is 0 Å². The van der Waals surface area contributed by atoms with Gasteiger partial charge in [-0.25, -0.2) is 0 Å².